The van der Waals surface area contributed by atoms with E-state index in [0.29, 0.717) is 47.4 Å². The number of nitrogens with zero attached hydrogens (tertiary/aromatic N) is 2. The van der Waals surface area contributed by atoms with Crippen molar-refractivity contribution < 1.29 is 28.5 Å². The SMILES string of the molecule is COc1cc(CN2CCN(C(=O)c3cccc(OC)c3OC)CC2)cc(OC)c1OC. The number of para-hydroxylation sites is 1. The Morgan fingerprint density at radius 2 is 1.35 bits per heavy atom. The minimum atomic E-state index is -0.0526. The second-order valence-corrected chi connectivity index (χ2v) is 7.14. The summed E-state index contributed by atoms with van der Waals surface area (Å²) in [5.41, 5.74) is 1.57. The lowest BCUT2D eigenvalue weighted by Crippen LogP contribution is -2.48. The van der Waals surface area contributed by atoms with Gasteiger partial charge in [-0.1, -0.05) is 6.07 Å². The summed E-state index contributed by atoms with van der Waals surface area (Å²) in [5.74, 6) is 2.82. The van der Waals surface area contributed by atoms with Crippen LogP contribution in [0.25, 0.3) is 0 Å². The Kier molecular flexibility index (Phi) is 7.46. The normalized spacial score (nSPS) is 14.2. The van der Waals surface area contributed by atoms with Crippen LogP contribution in [0.4, 0.5) is 0 Å². The Morgan fingerprint density at radius 1 is 0.774 bits per heavy atom. The molecule has 8 heteroatoms. The fourth-order valence-electron chi connectivity index (χ4n) is 3.82. The topological polar surface area (TPSA) is 69.7 Å². The number of hydrogen-bond donors (Lipinski definition) is 0. The zero-order chi connectivity index (χ0) is 22.4. The predicted octanol–water partition coefficient (Wildman–Crippen LogP) is 2.69. The van der Waals surface area contributed by atoms with Gasteiger partial charge in [0.15, 0.2) is 23.0 Å². The Hall–Kier alpha value is -3.13. The second-order valence-electron chi connectivity index (χ2n) is 7.14. The average molecular weight is 431 g/mol. The van der Waals surface area contributed by atoms with Gasteiger partial charge in [0.2, 0.25) is 5.75 Å². The molecule has 0 unspecified atom stereocenters. The summed E-state index contributed by atoms with van der Waals surface area (Å²) in [6.45, 7) is 3.50. The molecule has 0 saturated carbocycles. The van der Waals surface area contributed by atoms with Gasteiger partial charge in [-0.05, 0) is 29.8 Å². The maximum absolute atomic E-state index is 13.1. The van der Waals surface area contributed by atoms with Gasteiger partial charge in [0.25, 0.3) is 5.91 Å². The van der Waals surface area contributed by atoms with E-state index in [9.17, 15) is 4.79 Å². The fraction of sp³-hybridized carbons (Fsp3) is 0.435. The van der Waals surface area contributed by atoms with Crippen LogP contribution in [0, 0.1) is 0 Å². The van der Waals surface area contributed by atoms with Gasteiger partial charge in [0, 0.05) is 32.7 Å². The minimum absolute atomic E-state index is 0.0526. The molecular formula is C23H30N2O6. The first kappa shape index (κ1) is 22.6. The van der Waals surface area contributed by atoms with Gasteiger partial charge >= 0.3 is 0 Å². The molecular weight excluding hydrogens is 400 g/mol. The van der Waals surface area contributed by atoms with Crippen LogP contribution in [-0.4, -0.2) is 77.4 Å². The van der Waals surface area contributed by atoms with Crippen molar-refractivity contribution >= 4 is 5.91 Å². The quantitative estimate of drug-likeness (QED) is 0.638. The van der Waals surface area contributed by atoms with Gasteiger partial charge in [-0.3, -0.25) is 9.69 Å². The highest BCUT2D eigenvalue weighted by molar-refractivity contribution is 5.97. The van der Waals surface area contributed by atoms with Crippen LogP contribution in [0.5, 0.6) is 28.7 Å². The molecule has 0 bridgehead atoms. The molecule has 2 aromatic rings. The van der Waals surface area contributed by atoms with Crippen molar-refractivity contribution in [1.29, 1.82) is 0 Å². The molecule has 3 rings (SSSR count). The third-order valence-corrected chi connectivity index (χ3v) is 5.42. The molecule has 1 heterocycles. The molecule has 1 fully saturated rings. The molecule has 168 valence electrons. The molecule has 31 heavy (non-hydrogen) atoms. The van der Waals surface area contributed by atoms with E-state index in [1.165, 1.54) is 0 Å². The number of hydrogen-bond acceptors (Lipinski definition) is 7. The van der Waals surface area contributed by atoms with E-state index in [0.717, 1.165) is 25.2 Å². The van der Waals surface area contributed by atoms with Crippen molar-refractivity contribution in [2.45, 2.75) is 6.54 Å². The molecule has 0 N–H and O–H groups in total. The first-order chi connectivity index (χ1) is 15.1. The van der Waals surface area contributed by atoms with Crippen LogP contribution in [0.15, 0.2) is 30.3 Å². The zero-order valence-corrected chi connectivity index (χ0v) is 18.8. The number of carbonyl (C=O) groups excluding carboxylic acids is 1. The molecule has 0 aromatic heterocycles. The first-order valence-corrected chi connectivity index (χ1v) is 10.1. The summed E-state index contributed by atoms with van der Waals surface area (Å²) < 4.78 is 27.0. The Bertz CT molecular complexity index is 884. The van der Waals surface area contributed by atoms with Crippen LogP contribution < -0.4 is 23.7 Å². The standard InChI is InChI=1S/C23H30N2O6/c1-27-18-8-6-7-17(21(18)30-4)23(26)25-11-9-24(10-12-25)15-16-13-19(28-2)22(31-5)20(14-16)29-3/h6-8,13-14H,9-12,15H2,1-5H3. The molecule has 1 aliphatic heterocycles. The minimum Gasteiger partial charge on any atom is -0.493 e. The lowest BCUT2D eigenvalue weighted by Gasteiger charge is -2.35. The van der Waals surface area contributed by atoms with Gasteiger partial charge in [0.05, 0.1) is 41.1 Å². The number of amides is 1. The summed E-state index contributed by atoms with van der Waals surface area (Å²) in [6.07, 6.45) is 0. The Morgan fingerprint density at radius 3 is 1.87 bits per heavy atom. The summed E-state index contributed by atoms with van der Waals surface area (Å²) in [6, 6.07) is 9.27. The van der Waals surface area contributed by atoms with Gasteiger partial charge in [-0.15, -0.1) is 0 Å². The summed E-state index contributed by atoms with van der Waals surface area (Å²) in [5, 5.41) is 0. The van der Waals surface area contributed by atoms with Crippen LogP contribution in [0.3, 0.4) is 0 Å². The molecule has 2 aromatic carbocycles. The maximum atomic E-state index is 13.1. The van der Waals surface area contributed by atoms with Crippen molar-refractivity contribution in [3.8, 4) is 28.7 Å². The molecule has 1 aliphatic rings. The first-order valence-electron chi connectivity index (χ1n) is 10.1. The number of carbonyl (C=O) groups is 1. The summed E-state index contributed by atoms with van der Waals surface area (Å²) in [7, 11) is 7.92. The van der Waals surface area contributed by atoms with Gasteiger partial charge in [-0.25, -0.2) is 0 Å². The highest BCUT2D eigenvalue weighted by Crippen LogP contribution is 2.38. The van der Waals surface area contributed by atoms with Crippen molar-refractivity contribution in [1.82, 2.24) is 9.80 Å². The van der Waals surface area contributed by atoms with E-state index >= 15 is 0 Å². The largest absolute Gasteiger partial charge is 0.493 e. The second kappa shape index (κ2) is 10.3. The zero-order valence-electron chi connectivity index (χ0n) is 18.8. The van der Waals surface area contributed by atoms with Crippen LogP contribution in [-0.2, 0) is 6.54 Å². The molecule has 0 radical (unpaired) electrons. The van der Waals surface area contributed by atoms with Crippen molar-refractivity contribution in [3.05, 3.63) is 41.5 Å². The lowest BCUT2D eigenvalue weighted by molar-refractivity contribution is 0.0624. The molecule has 8 nitrogen and oxygen atoms in total. The van der Waals surface area contributed by atoms with Gasteiger partial charge in [0.1, 0.15) is 0 Å². The average Bonchev–Trinajstić information content (AvgIpc) is 2.82. The Balaban J connectivity index is 1.67. The van der Waals surface area contributed by atoms with Gasteiger partial charge < -0.3 is 28.6 Å². The summed E-state index contributed by atoms with van der Waals surface area (Å²) in [4.78, 5) is 17.2. The maximum Gasteiger partial charge on any atom is 0.257 e. The van der Waals surface area contributed by atoms with E-state index < -0.39 is 0 Å². The van der Waals surface area contributed by atoms with E-state index in [-0.39, 0.29) is 5.91 Å². The Labute approximate surface area is 183 Å². The molecule has 1 saturated heterocycles. The van der Waals surface area contributed by atoms with Crippen molar-refractivity contribution in [2.75, 3.05) is 61.7 Å². The third kappa shape index (κ3) is 4.80. The predicted molar refractivity (Wildman–Crippen MR) is 117 cm³/mol. The molecule has 0 atom stereocenters. The van der Waals surface area contributed by atoms with Crippen molar-refractivity contribution in [2.24, 2.45) is 0 Å². The number of piperazine rings is 1. The number of methoxy groups -OCH3 is 5. The van der Waals surface area contributed by atoms with Crippen LogP contribution >= 0.6 is 0 Å². The van der Waals surface area contributed by atoms with Crippen LogP contribution in [0.1, 0.15) is 15.9 Å². The fourth-order valence-corrected chi connectivity index (χ4v) is 3.82. The van der Waals surface area contributed by atoms with Gasteiger partial charge in [-0.2, -0.15) is 0 Å². The third-order valence-electron chi connectivity index (χ3n) is 5.42. The van der Waals surface area contributed by atoms with E-state index in [1.54, 1.807) is 53.7 Å². The molecule has 0 aliphatic carbocycles. The monoisotopic (exact) mass is 430 g/mol. The van der Waals surface area contributed by atoms with E-state index in [4.69, 9.17) is 23.7 Å². The summed E-state index contributed by atoms with van der Waals surface area (Å²) >= 11 is 0. The molecule has 0 spiro atoms. The highest BCUT2D eigenvalue weighted by Gasteiger charge is 2.26. The lowest BCUT2D eigenvalue weighted by atomic mass is 10.1. The smallest absolute Gasteiger partial charge is 0.257 e. The van der Waals surface area contributed by atoms with E-state index in [1.807, 2.05) is 17.0 Å². The number of ether oxygens (including phenoxy) is 5. The number of benzene rings is 2. The van der Waals surface area contributed by atoms with Crippen molar-refractivity contribution in [3.63, 3.8) is 0 Å². The van der Waals surface area contributed by atoms with E-state index in [2.05, 4.69) is 4.90 Å². The highest BCUT2D eigenvalue weighted by atomic mass is 16.5. The number of rotatable bonds is 8. The van der Waals surface area contributed by atoms with Crippen LogP contribution in [0.2, 0.25) is 0 Å². The molecule has 1 amide bonds.